The standard InChI is InChI=1S/C21H22N6O/c1-12-10-23-18-9-17(24-11-16(12)18)15-8-14(5-6-19(15)28-4)26-21-25-13(2)7-20(22-3)27-21/h5-11,23H,1-4H3,(H2,22,25,26,27). The largest absolute Gasteiger partial charge is 0.496 e. The molecule has 0 aliphatic rings. The number of fused-ring (bicyclic) bond motifs is 1. The number of aromatic amines is 1. The highest BCUT2D eigenvalue weighted by Crippen LogP contribution is 2.33. The highest BCUT2D eigenvalue weighted by atomic mass is 16.5. The monoisotopic (exact) mass is 374 g/mol. The molecule has 0 saturated carbocycles. The fourth-order valence-corrected chi connectivity index (χ4v) is 3.17. The lowest BCUT2D eigenvalue weighted by Gasteiger charge is -2.12. The summed E-state index contributed by atoms with van der Waals surface area (Å²) in [6.45, 7) is 4.00. The molecule has 0 aliphatic heterocycles. The summed E-state index contributed by atoms with van der Waals surface area (Å²) in [6, 6.07) is 9.77. The fraction of sp³-hybridized carbons (Fsp3) is 0.190. The van der Waals surface area contributed by atoms with Crippen LogP contribution < -0.4 is 15.4 Å². The number of hydrogen-bond donors (Lipinski definition) is 3. The second-order valence-electron chi connectivity index (χ2n) is 6.60. The van der Waals surface area contributed by atoms with Crippen LogP contribution in [0.4, 0.5) is 17.5 Å². The van der Waals surface area contributed by atoms with Crippen LogP contribution in [0.15, 0.2) is 42.7 Å². The molecule has 0 spiro atoms. The van der Waals surface area contributed by atoms with Crippen molar-refractivity contribution in [2.24, 2.45) is 0 Å². The van der Waals surface area contributed by atoms with Gasteiger partial charge in [-0.2, -0.15) is 4.98 Å². The molecule has 3 N–H and O–H groups in total. The molecule has 0 radical (unpaired) electrons. The first-order valence-corrected chi connectivity index (χ1v) is 9.00. The molecule has 1 aromatic carbocycles. The number of aromatic nitrogens is 4. The van der Waals surface area contributed by atoms with Gasteiger partial charge in [0.15, 0.2) is 0 Å². The van der Waals surface area contributed by atoms with Gasteiger partial charge < -0.3 is 20.4 Å². The Morgan fingerprint density at radius 3 is 2.71 bits per heavy atom. The first kappa shape index (κ1) is 17.8. The Kier molecular flexibility index (Phi) is 4.57. The summed E-state index contributed by atoms with van der Waals surface area (Å²) in [4.78, 5) is 16.8. The van der Waals surface area contributed by atoms with Crippen LogP contribution in [0.1, 0.15) is 11.3 Å². The average molecular weight is 374 g/mol. The van der Waals surface area contributed by atoms with E-state index in [0.29, 0.717) is 5.95 Å². The Labute approximate surface area is 163 Å². The van der Waals surface area contributed by atoms with E-state index in [0.717, 1.165) is 45.1 Å². The quantitative estimate of drug-likeness (QED) is 0.479. The molecular formula is C21H22N6O. The maximum atomic E-state index is 5.56. The number of pyridine rings is 1. The van der Waals surface area contributed by atoms with Gasteiger partial charge >= 0.3 is 0 Å². The lowest BCUT2D eigenvalue weighted by molar-refractivity contribution is 0.416. The van der Waals surface area contributed by atoms with Gasteiger partial charge in [-0.05, 0) is 43.7 Å². The van der Waals surface area contributed by atoms with Crippen molar-refractivity contribution in [1.29, 1.82) is 0 Å². The van der Waals surface area contributed by atoms with E-state index >= 15 is 0 Å². The number of ether oxygens (including phenoxy) is 1. The molecule has 0 unspecified atom stereocenters. The molecular weight excluding hydrogens is 352 g/mol. The van der Waals surface area contributed by atoms with Crippen LogP contribution in [0.5, 0.6) is 5.75 Å². The van der Waals surface area contributed by atoms with Crippen LogP contribution in [-0.2, 0) is 0 Å². The van der Waals surface area contributed by atoms with Gasteiger partial charge in [0.25, 0.3) is 0 Å². The predicted molar refractivity (Wildman–Crippen MR) is 112 cm³/mol. The third-order valence-corrected chi connectivity index (χ3v) is 4.61. The Bertz CT molecular complexity index is 1150. The van der Waals surface area contributed by atoms with Crippen molar-refractivity contribution >= 4 is 28.4 Å². The molecule has 4 aromatic rings. The maximum Gasteiger partial charge on any atom is 0.229 e. The number of nitrogens with zero attached hydrogens (tertiary/aromatic N) is 3. The van der Waals surface area contributed by atoms with Gasteiger partial charge in [0.1, 0.15) is 11.6 Å². The molecule has 4 rings (SSSR count). The predicted octanol–water partition coefficient (Wildman–Crippen LogP) is 4.43. The fourth-order valence-electron chi connectivity index (χ4n) is 3.17. The minimum Gasteiger partial charge on any atom is -0.496 e. The molecule has 0 bridgehead atoms. The second-order valence-corrected chi connectivity index (χ2v) is 6.60. The van der Waals surface area contributed by atoms with E-state index in [1.54, 1.807) is 7.11 Å². The third-order valence-electron chi connectivity index (χ3n) is 4.61. The third kappa shape index (κ3) is 3.34. The van der Waals surface area contributed by atoms with Gasteiger partial charge in [0.2, 0.25) is 5.95 Å². The molecule has 7 nitrogen and oxygen atoms in total. The van der Waals surface area contributed by atoms with Crippen molar-refractivity contribution in [3.8, 4) is 17.0 Å². The number of methoxy groups -OCH3 is 1. The average Bonchev–Trinajstić information content (AvgIpc) is 3.07. The summed E-state index contributed by atoms with van der Waals surface area (Å²) in [5, 5.41) is 7.43. The molecule has 0 fully saturated rings. The minimum absolute atomic E-state index is 0.531. The Morgan fingerprint density at radius 1 is 1.07 bits per heavy atom. The number of hydrogen-bond acceptors (Lipinski definition) is 6. The molecule has 0 amide bonds. The van der Waals surface area contributed by atoms with E-state index in [9.17, 15) is 0 Å². The smallest absolute Gasteiger partial charge is 0.229 e. The molecule has 28 heavy (non-hydrogen) atoms. The Morgan fingerprint density at radius 2 is 1.93 bits per heavy atom. The highest BCUT2D eigenvalue weighted by molar-refractivity contribution is 5.86. The molecule has 0 saturated heterocycles. The number of anilines is 3. The zero-order chi connectivity index (χ0) is 19.7. The van der Waals surface area contributed by atoms with E-state index in [1.807, 2.05) is 56.7 Å². The van der Waals surface area contributed by atoms with Crippen molar-refractivity contribution < 1.29 is 4.74 Å². The van der Waals surface area contributed by atoms with Gasteiger partial charge in [-0.15, -0.1) is 0 Å². The van der Waals surface area contributed by atoms with Crippen LogP contribution >= 0.6 is 0 Å². The van der Waals surface area contributed by atoms with Crippen LogP contribution in [0.2, 0.25) is 0 Å². The van der Waals surface area contributed by atoms with Gasteiger partial charge in [0.05, 0.1) is 12.8 Å². The summed E-state index contributed by atoms with van der Waals surface area (Å²) in [6.07, 6.45) is 3.87. The second kappa shape index (κ2) is 7.19. The molecule has 3 heterocycles. The number of rotatable bonds is 5. The Hall–Kier alpha value is -3.61. The summed E-state index contributed by atoms with van der Waals surface area (Å²) in [5.74, 6) is 2.04. The van der Waals surface area contributed by atoms with E-state index < -0.39 is 0 Å². The van der Waals surface area contributed by atoms with Crippen LogP contribution in [0.25, 0.3) is 22.2 Å². The zero-order valence-electron chi connectivity index (χ0n) is 16.3. The lowest BCUT2D eigenvalue weighted by Crippen LogP contribution is -2.02. The number of H-pyrrole nitrogens is 1. The van der Waals surface area contributed by atoms with Gasteiger partial charge in [0, 0.05) is 53.4 Å². The van der Waals surface area contributed by atoms with E-state index in [-0.39, 0.29) is 0 Å². The molecule has 7 heteroatoms. The topological polar surface area (TPSA) is 87.8 Å². The lowest BCUT2D eigenvalue weighted by atomic mass is 10.1. The van der Waals surface area contributed by atoms with Gasteiger partial charge in [-0.3, -0.25) is 4.98 Å². The SMILES string of the molecule is CNc1cc(C)nc(Nc2ccc(OC)c(-c3cc4[nH]cc(C)c4cn3)c2)n1. The van der Waals surface area contributed by atoms with Crippen LogP contribution in [0, 0.1) is 13.8 Å². The molecule has 142 valence electrons. The zero-order valence-corrected chi connectivity index (χ0v) is 16.3. The first-order chi connectivity index (χ1) is 13.6. The number of aryl methyl sites for hydroxylation is 2. The first-order valence-electron chi connectivity index (χ1n) is 9.00. The summed E-state index contributed by atoms with van der Waals surface area (Å²) in [5.41, 5.74) is 5.67. The van der Waals surface area contributed by atoms with Gasteiger partial charge in [-0.25, -0.2) is 4.98 Å². The van der Waals surface area contributed by atoms with Gasteiger partial charge in [-0.1, -0.05) is 0 Å². The normalized spacial score (nSPS) is 10.9. The van der Waals surface area contributed by atoms with E-state index in [4.69, 9.17) is 4.74 Å². The van der Waals surface area contributed by atoms with Crippen LogP contribution in [0.3, 0.4) is 0 Å². The van der Waals surface area contributed by atoms with Crippen LogP contribution in [-0.4, -0.2) is 34.1 Å². The highest BCUT2D eigenvalue weighted by Gasteiger charge is 2.12. The summed E-state index contributed by atoms with van der Waals surface area (Å²) < 4.78 is 5.56. The number of nitrogens with one attached hydrogen (secondary N) is 3. The van der Waals surface area contributed by atoms with Crippen molar-refractivity contribution in [2.45, 2.75) is 13.8 Å². The molecule has 0 aliphatic carbocycles. The summed E-state index contributed by atoms with van der Waals surface area (Å²) in [7, 11) is 3.49. The van der Waals surface area contributed by atoms with Crippen molar-refractivity contribution in [3.05, 3.63) is 54.0 Å². The number of benzene rings is 1. The molecule has 0 atom stereocenters. The van der Waals surface area contributed by atoms with Crippen molar-refractivity contribution in [1.82, 2.24) is 19.9 Å². The van der Waals surface area contributed by atoms with E-state index in [2.05, 4.69) is 37.5 Å². The molecule has 3 aromatic heterocycles. The maximum absolute atomic E-state index is 5.56. The van der Waals surface area contributed by atoms with Crippen molar-refractivity contribution in [3.63, 3.8) is 0 Å². The Balaban J connectivity index is 1.74. The minimum atomic E-state index is 0.531. The van der Waals surface area contributed by atoms with E-state index in [1.165, 1.54) is 5.56 Å². The summed E-state index contributed by atoms with van der Waals surface area (Å²) >= 11 is 0. The van der Waals surface area contributed by atoms with Crippen molar-refractivity contribution in [2.75, 3.05) is 24.8 Å².